The minimum absolute atomic E-state index is 0.140. The van der Waals surface area contributed by atoms with Crippen LogP contribution in [-0.2, 0) is 6.42 Å². The summed E-state index contributed by atoms with van der Waals surface area (Å²) in [5, 5.41) is 6.14. The zero-order chi connectivity index (χ0) is 18.6. The number of carbonyl (C=O) groups excluding carboxylic acids is 1. The van der Waals surface area contributed by atoms with Gasteiger partial charge in [0.2, 0.25) is 0 Å². The Bertz CT molecular complexity index is 882. The Morgan fingerprint density at radius 1 is 1.22 bits per heavy atom. The zero-order valence-electron chi connectivity index (χ0n) is 15.4. The van der Waals surface area contributed by atoms with Crippen LogP contribution >= 0.6 is 0 Å². The van der Waals surface area contributed by atoms with Crippen LogP contribution in [0.5, 0.6) is 5.75 Å². The van der Waals surface area contributed by atoms with Crippen LogP contribution in [0.3, 0.4) is 0 Å². The minimum Gasteiger partial charge on any atom is -0.497 e. The van der Waals surface area contributed by atoms with Crippen molar-refractivity contribution in [1.29, 1.82) is 0 Å². The van der Waals surface area contributed by atoms with E-state index in [1.807, 2.05) is 48.5 Å². The number of aromatic nitrogens is 2. The van der Waals surface area contributed by atoms with Crippen LogP contribution in [0, 0.1) is 0 Å². The Morgan fingerprint density at radius 3 is 2.67 bits per heavy atom. The molecule has 6 heteroatoms. The summed E-state index contributed by atoms with van der Waals surface area (Å²) in [5.41, 5.74) is 2.96. The fourth-order valence-corrected chi connectivity index (χ4v) is 3.29. The average molecular weight is 364 g/mol. The second kappa shape index (κ2) is 7.70. The lowest BCUT2D eigenvalue weighted by molar-refractivity contribution is 0.224. The highest BCUT2D eigenvalue weighted by Crippen LogP contribution is 2.22. The van der Waals surface area contributed by atoms with Gasteiger partial charge in [0.15, 0.2) is 0 Å². The molecule has 140 valence electrons. The summed E-state index contributed by atoms with van der Waals surface area (Å²) in [6.07, 6.45) is 3.94. The predicted molar refractivity (Wildman–Crippen MR) is 105 cm³/mol. The van der Waals surface area contributed by atoms with Gasteiger partial charge in [0.1, 0.15) is 11.6 Å². The molecule has 1 saturated carbocycles. The van der Waals surface area contributed by atoms with Crippen LogP contribution in [0.4, 0.5) is 4.79 Å². The van der Waals surface area contributed by atoms with Crippen LogP contribution in [0.15, 0.2) is 48.5 Å². The number of methoxy groups -OCH3 is 1. The molecule has 1 aliphatic carbocycles. The van der Waals surface area contributed by atoms with E-state index in [4.69, 9.17) is 4.74 Å². The second-order valence-electron chi connectivity index (χ2n) is 6.99. The quantitative estimate of drug-likeness (QED) is 0.624. The van der Waals surface area contributed by atoms with E-state index >= 15 is 0 Å². The highest BCUT2D eigenvalue weighted by molar-refractivity contribution is 5.76. The number of urea groups is 1. The molecule has 1 fully saturated rings. The molecule has 2 aromatic carbocycles. The molecule has 1 heterocycles. The van der Waals surface area contributed by atoms with E-state index in [1.54, 1.807) is 7.11 Å². The molecule has 1 unspecified atom stereocenters. The molecule has 3 N–H and O–H groups in total. The van der Waals surface area contributed by atoms with E-state index in [1.165, 1.54) is 6.42 Å². The van der Waals surface area contributed by atoms with Crippen molar-refractivity contribution in [2.24, 2.45) is 0 Å². The van der Waals surface area contributed by atoms with Gasteiger partial charge in [0.25, 0.3) is 0 Å². The van der Waals surface area contributed by atoms with Crippen molar-refractivity contribution < 1.29 is 9.53 Å². The van der Waals surface area contributed by atoms with Gasteiger partial charge in [0, 0.05) is 6.04 Å². The third-order valence-corrected chi connectivity index (χ3v) is 5.08. The number of hydrogen-bond acceptors (Lipinski definition) is 3. The standard InChI is InChI=1S/C21H24N4O2/c1-27-16-11-9-14(10-12-16)13-19(25-21(26)22-15-5-4-6-15)20-23-17-7-2-3-8-18(17)24-20/h2-3,7-12,15,19H,4-6,13H2,1H3,(H,23,24)(H2,22,25,26). The molecule has 0 aliphatic heterocycles. The molecule has 1 aliphatic rings. The Labute approximate surface area is 158 Å². The summed E-state index contributed by atoms with van der Waals surface area (Å²) in [7, 11) is 1.65. The topological polar surface area (TPSA) is 79.0 Å². The van der Waals surface area contributed by atoms with Gasteiger partial charge in [-0.2, -0.15) is 0 Å². The first kappa shape index (κ1) is 17.4. The van der Waals surface area contributed by atoms with Crippen molar-refractivity contribution in [3.05, 3.63) is 59.9 Å². The number of fused-ring (bicyclic) bond motifs is 1. The molecule has 2 amide bonds. The summed E-state index contributed by atoms with van der Waals surface area (Å²) < 4.78 is 5.23. The van der Waals surface area contributed by atoms with E-state index in [2.05, 4.69) is 20.6 Å². The number of nitrogens with one attached hydrogen (secondary N) is 3. The van der Waals surface area contributed by atoms with Crippen molar-refractivity contribution in [2.75, 3.05) is 7.11 Å². The number of nitrogens with zero attached hydrogens (tertiary/aromatic N) is 1. The van der Waals surface area contributed by atoms with E-state index in [-0.39, 0.29) is 12.1 Å². The SMILES string of the molecule is COc1ccc(CC(NC(=O)NC2CCC2)c2nc3ccccc3[nH]2)cc1. The van der Waals surface area contributed by atoms with Crippen molar-refractivity contribution >= 4 is 17.1 Å². The molecule has 0 saturated heterocycles. The number of amides is 2. The third kappa shape index (κ3) is 4.05. The normalized spacial score (nSPS) is 15.1. The van der Waals surface area contributed by atoms with Gasteiger partial charge in [-0.05, 0) is 55.5 Å². The fraction of sp³-hybridized carbons (Fsp3) is 0.333. The summed E-state index contributed by atoms with van der Waals surface area (Å²) in [6.45, 7) is 0. The third-order valence-electron chi connectivity index (χ3n) is 5.08. The molecule has 0 radical (unpaired) electrons. The van der Waals surface area contributed by atoms with E-state index in [9.17, 15) is 4.79 Å². The maximum Gasteiger partial charge on any atom is 0.315 e. The average Bonchev–Trinajstić information content (AvgIpc) is 3.09. The molecule has 6 nitrogen and oxygen atoms in total. The molecular formula is C21H24N4O2. The molecule has 1 aromatic heterocycles. The maximum absolute atomic E-state index is 12.5. The number of benzene rings is 2. The van der Waals surface area contributed by atoms with Gasteiger partial charge in [0.05, 0.1) is 24.2 Å². The van der Waals surface area contributed by atoms with E-state index in [0.717, 1.165) is 41.0 Å². The summed E-state index contributed by atoms with van der Waals surface area (Å²) >= 11 is 0. The Hall–Kier alpha value is -3.02. The van der Waals surface area contributed by atoms with Gasteiger partial charge in [-0.3, -0.25) is 0 Å². The summed E-state index contributed by atoms with van der Waals surface area (Å²) in [5.74, 6) is 1.57. The molecule has 1 atom stereocenters. The monoisotopic (exact) mass is 364 g/mol. The molecule has 4 rings (SSSR count). The van der Waals surface area contributed by atoms with Gasteiger partial charge < -0.3 is 20.4 Å². The zero-order valence-corrected chi connectivity index (χ0v) is 15.4. The van der Waals surface area contributed by atoms with Crippen LogP contribution < -0.4 is 15.4 Å². The lowest BCUT2D eigenvalue weighted by Crippen LogP contribution is -2.46. The Morgan fingerprint density at radius 2 is 2.00 bits per heavy atom. The number of H-pyrrole nitrogens is 1. The van der Waals surface area contributed by atoms with Crippen LogP contribution in [0.2, 0.25) is 0 Å². The van der Waals surface area contributed by atoms with Gasteiger partial charge in [-0.1, -0.05) is 24.3 Å². The van der Waals surface area contributed by atoms with Gasteiger partial charge in [-0.25, -0.2) is 9.78 Å². The van der Waals surface area contributed by atoms with Crippen molar-refractivity contribution in [3.63, 3.8) is 0 Å². The molecular weight excluding hydrogens is 340 g/mol. The number of ether oxygens (including phenoxy) is 1. The van der Waals surface area contributed by atoms with Crippen LogP contribution in [0.25, 0.3) is 11.0 Å². The smallest absolute Gasteiger partial charge is 0.315 e. The lowest BCUT2D eigenvalue weighted by Gasteiger charge is -2.27. The van der Waals surface area contributed by atoms with Gasteiger partial charge in [-0.15, -0.1) is 0 Å². The number of carbonyl (C=O) groups is 1. The number of rotatable bonds is 6. The first-order chi connectivity index (χ1) is 13.2. The summed E-state index contributed by atoms with van der Waals surface area (Å²) in [4.78, 5) is 20.5. The maximum atomic E-state index is 12.5. The Balaban J connectivity index is 1.55. The van der Waals surface area contributed by atoms with Crippen molar-refractivity contribution in [3.8, 4) is 5.75 Å². The molecule has 0 spiro atoms. The second-order valence-corrected chi connectivity index (χ2v) is 6.99. The first-order valence-corrected chi connectivity index (χ1v) is 9.36. The number of imidazole rings is 1. The summed E-state index contributed by atoms with van der Waals surface area (Å²) in [6, 6.07) is 15.7. The molecule has 3 aromatic rings. The largest absolute Gasteiger partial charge is 0.497 e. The van der Waals surface area contributed by atoms with E-state index in [0.29, 0.717) is 12.5 Å². The van der Waals surface area contributed by atoms with Crippen LogP contribution in [-0.4, -0.2) is 29.2 Å². The van der Waals surface area contributed by atoms with Gasteiger partial charge >= 0.3 is 6.03 Å². The highest BCUT2D eigenvalue weighted by Gasteiger charge is 2.23. The number of para-hydroxylation sites is 2. The van der Waals surface area contributed by atoms with E-state index < -0.39 is 0 Å². The van der Waals surface area contributed by atoms with Crippen molar-refractivity contribution in [2.45, 2.75) is 37.8 Å². The number of aromatic amines is 1. The van der Waals surface area contributed by atoms with Crippen molar-refractivity contribution in [1.82, 2.24) is 20.6 Å². The number of hydrogen-bond donors (Lipinski definition) is 3. The van der Waals surface area contributed by atoms with Crippen LogP contribution in [0.1, 0.15) is 36.7 Å². The predicted octanol–water partition coefficient (Wildman–Crippen LogP) is 3.71. The molecule has 27 heavy (non-hydrogen) atoms. The fourth-order valence-electron chi connectivity index (χ4n) is 3.29. The molecule has 0 bridgehead atoms. The Kier molecular flexibility index (Phi) is 4.96. The highest BCUT2D eigenvalue weighted by atomic mass is 16.5. The first-order valence-electron chi connectivity index (χ1n) is 9.36. The lowest BCUT2D eigenvalue weighted by atomic mass is 9.93. The minimum atomic E-state index is -0.245.